The molecule has 0 aliphatic carbocycles. The number of rotatable bonds is 5. The molecule has 0 bridgehead atoms. The van der Waals surface area contributed by atoms with Gasteiger partial charge in [0, 0.05) is 7.05 Å². The fourth-order valence-corrected chi connectivity index (χ4v) is 4.46. The first-order valence-electron chi connectivity index (χ1n) is 9.01. The Morgan fingerprint density at radius 1 is 1.10 bits per heavy atom. The lowest BCUT2D eigenvalue weighted by Crippen LogP contribution is -2.24. The highest BCUT2D eigenvalue weighted by molar-refractivity contribution is 7.99. The Bertz CT molecular complexity index is 1120. The van der Waals surface area contributed by atoms with E-state index in [2.05, 4.69) is 20.4 Å². The second kappa shape index (κ2) is 7.53. The first-order chi connectivity index (χ1) is 14.2. The third-order valence-electron chi connectivity index (χ3n) is 4.47. The van der Waals surface area contributed by atoms with Crippen molar-refractivity contribution in [1.29, 1.82) is 0 Å². The summed E-state index contributed by atoms with van der Waals surface area (Å²) in [5.41, 5.74) is 0. The number of hydrogen-bond acceptors (Lipinski definition) is 9. The predicted octanol–water partition coefficient (Wildman–Crippen LogP) is 4.29. The number of hydrogen-bond donors (Lipinski definition) is 0. The molecule has 3 aromatic heterocycles. The Kier molecular flexibility index (Phi) is 4.72. The van der Waals surface area contributed by atoms with Crippen molar-refractivity contribution in [3.63, 3.8) is 0 Å². The summed E-state index contributed by atoms with van der Waals surface area (Å²) in [5, 5.41) is 19.6. The lowest BCUT2D eigenvalue weighted by Gasteiger charge is -2.25. The fourth-order valence-electron chi connectivity index (χ4n) is 2.96. The molecule has 0 saturated heterocycles. The van der Waals surface area contributed by atoms with E-state index in [0.717, 1.165) is 15.8 Å². The van der Waals surface area contributed by atoms with Crippen molar-refractivity contribution in [1.82, 2.24) is 25.0 Å². The SMILES string of the molecule is CC(Sc1nnc(C2COc3ccccc3O2)n1C)c1nnc(-c2cccs2)o1. The quantitative estimate of drug-likeness (QED) is 0.436. The van der Waals surface area contributed by atoms with Crippen LogP contribution in [0.1, 0.15) is 30.0 Å². The molecule has 1 aromatic carbocycles. The molecule has 2 unspecified atom stereocenters. The van der Waals surface area contributed by atoms with Crippen LogP contribution in [-0.2, 0) is 7.05 Å². The van der Waals surface area contributed by atoms with Crippen molar-refractivity contribution in [2.45, 2.75) is 23.4 Å². The molecule has 0 saturated carbocycles. The number of thiophene rings is 1. The minimum Gasteiger partial charge on any atom is -0.485 e. The van der Waals surface area contributed by atoms with Crippen LogP contribution >= 0.6 is 23.1 Å². The van der Waals surface area contributed by atoms with Crippen molar-refractivity contribution in [2.75, 3.05) is 6.61 Å². The van der Waals surface area contributed by atoms with Gasteiger partial charge in [-0.1, -0.05) is 30.0 Å². The van der Waals surface area contributed by atoms with E-state index in [-0.39, 0.29) is 11.4 Å². The summed E-state index contributed by atoms with van der Waals surface area (Å²) in [6, 6.07) is 11.5. The second-order valence-corrected chi connectivity index (χ2v) is 8.70. The van der Waals surface area contributed by atoms with E-state index < -0.39 is 0 Å². The molecule has 0 amide bonds. The molecule has 4 heterocycles. The Balaban J connectivity index is 1.31. The van der Waals surface area contributed by atoms with Gasteiger partial charge in [-0.15, -0.1) is 31.7 Å². The number of benzene rings is 1. The molecule has 29 heavy (non-hydrogen) atoms. The lowest BCUT2D eigenvalue weighted by molar-refractivity contribution is 0.0825. The first kappa shape index (κ1) is 18.2. The molecule has 1 aliphatic rings. The van der Waals surface area contributed by atoms with Crippen LogP contribution in [0, 0.1) is 0 Å². The molecule has 4 aromatic rings. The summed E-state index contributed by atoms with van der Waals surface area (Å²) in [6.07, 6.45) is -0.319. The van der Waals surface area contributed by atoms with Gasteiger partial charge in [-0.25, -0.2) is 0 Å². The largest absolute Gasteiger partial charge is 0.485 e. The van der Waals surface area contributed by atoms with Crippen LogP contribution in [0.5, 0.6) is 11.5 Å². The minimum absolute atomic E-state index is 0.0730. The number of nitrogens with zero attached hydrogens (tertiary/aromatic N) is 5. The predicted molar refractivity (Wildman–Crippen MR) is 108 cm³/mol. The van der Waals surface area contributed by atoms with Gasteiger partial charge in [-0.3, -0.25) is 0 Å². The zero-order chi connectivity index (χ0) is 19.8. The van der Waals surface area contributed by atoms with E-state index in [1.54, 1.807) is 11.3 Å². The number of aromatic nitrogens is 5. The maximum absolute atomic E-state index is 6.05. The lowest BCUT2D eigenvalue weighted by atomic mass is 10.2. The van der Waals surface area contributed by atoms with Gasteiger partial charge in [0.1, 0.15) is 6.61 Å². The Labute approximate surface area is 174 Å². The molecule has 0 fully saturated rings. The molecule has 10 heteroatoms. The number of para-hydroxylation sites is 2. The van der Waals surface area contributed by atoms with Crippen LogP contribution in [0.3, 0.4) is 0 Å². The van der Waals surface area contributed by atoms with Crippen molar-refractivity contribution < 1.29 is 13.9 Å². The van der Waals surface area contributed by atoms with Gasteiger partial charge in [-0.2, -0.15) is 0 Å². The molecular weight excluding hydrogens is 410 g/mol. The van der Waals surface area contributed by atoms with E-state index in [1.807, 2.05) is 60.3 Å². The standard InChI is InChI=1S/C19H17N5O3S2/c1-11(17-21-22-18(27-17)15-8-5-9-28-15)29-19-23-20-16(24(19)2)14-10-25-12-6-3-4-7-13(12)26-14/h3-9,11,14H,10H2,1-2H3. The zero-order valence-corrected chi connectivity index (χ0v) is 17.3. The van der Waals surface area contributed by atoms with Crippen LogP contribution in [0.2, 0.25) is 0 Å². The van der Waals surface area contributed by atoms with Crippen molar-refractivity contribution in [2.24, 2.45) is 7.05 Å². The molecule has 8 nitrogen and oxygen atoms in total. The van der Waals surface area contributed by atoms with E-state index in [4.69, 9.17) is 13.9 Å². The Morgan fingerprint density at radius 2 is 1.97 bits per heavy atom. The van der Waals surface area contributed by atoms with E-state index in [0.29, 0.717) is 30.0 Å². The number of thioether (sulfide) groups is 1. The van der Waals surface area contributed by atoms with Crippen LogP contribution in [0.15, 0.2) is 51.4 Å². The fraction of sp³-hybridized carbons (Fsp3) is 0.263. The van der Waals surface area contributed by atoms with Crippen molar-refractivity contribution >= 4 is 23.1 Å². The Morgan fingerprint density at radius 3 is 2.79 bits per heavy atom. The normalized spacial score (nSPS) is 16.7. The van der Waals surface area contributed by atoms with Gasteiger partial charge in [0.05, 0.1) is 10.1 Å². The van der Waals surface area contributed by atoms with Crippen LogP contribution in [-0.4, -0.2) is 31.6 Å². The first-order valence-corrected chi connectivity index (χ1v) is 10.8. The highest BCUT2D eigenvalue weighted by Crippen LogP contribution is 2.38. The summed E-state index contributed by atoms with van der Waals surface area (Å²) in [7, 11) is 1.92. The minimum atomic E-state index is -0.319. The smallest absolute Gasteiger partial charge is 0.257 e. The highest BCUT2D eigenvalue weighted by atomic mass is 32.2. The molecule has 0 radical (unpaired) electrons. The third-order valence-corrected chi connectivity index (χ3v) is 6.45. The summed E-state index contributed by atoms with van der Waals surface area (Å²) in [5.74, 6) is 3.24. The Hall–Kier alpha value is -2.85. The van der Waals surface area contributed by atoms with Crippen LogP contribution < -0.4 is 9.47 Å². The van der Waals surface area contributed by atoms with Gasteiger partial charge in [0.25, 0.3) is 5.89 Å². The summed E-state index contributed by atoms with van der Waals surface area (Å²) in [6.45, 7) is 2.39. The van der Waals surface area contributed by atoms with E-state index in [1.165, 1.54) is 11.8 Å². The molecular formula is C19H17N5O3S2. The van der Waals surface area contributed by atoms with Gasteiger partial charge < -0.3 is 18.5 Å². The van der Waals surface area contributed by atoms with Crippen LogP contribution in [0.4, 0.5) is 0 Å². The average Bonchev–Trinajstić information content (AvgIpc) is 3.49. The van der Waals surface area contributed by atoms with Gasteiger partial charge >= 0.3 is 0 Å². The second-order valence-electron chi connectivity index (χ2n) is 6.45. The topological polar surface area (TPSA) is 88.1 Å². The van der Waals surface area contributed by atoms with Crippen LogP contribution in [0.25, 0.3) is 10.8 Å². The zero-order valence-electron chi connectivity index (χ0n) is 15.7. The highest BCUT2D eigenvalue weighted by Gasteiger charge is 2.28. The molecule has 5 rings (SSSR count). The molecule has 0 spiro atoms. The molecule has 0 N–H and O–H groups in total. The summed E-state index contributed by atoms with van der Waals surface area (Å²) < 4.78 is 19.6. The average molecular weight is 428 g/mol. The maximum atomic E-state index is 6.05. The van der Waals surface area contributed by atoms with Gasteiger partial charge in [-0.05, 0) is 30.5 Å². The van der Waals surface area contributed by atoms with Gasteiger partial charge in [0.2, 0.25) is 5.89 Å². The van der Waals surface area contributed by atoms with E-state index >= 15 is 0 Å². The number of fused-ring (bicyclic) bond motifs is 1. The summed E-state index contributed by atoms with van der Waals surface area (Å²) >= 11 is 3.07. The maximum Gasteiger partial charge on any atom is 0.257 e. The van der Waals surface area contributed by atoms with E-state index in [9.17, 15) is 0 Å². The number of ether oxygens (including phenoxy) is 2. The monoisotopic (exact) mass is 427 g/mol. The third kappa shape index (κ3) is 3.49. The summed E-state index contributed by atoms with van der Waals surface area (Å²) in [4.78, 5) is 0.955. The van der Waals surface area contributed by atoms with Crippen molar-refractivity contribution in [3.05, 3.63) is 53.5 Å². The van der Waals surface area contributed by atoms with Gasteiger partial charge in [0.15, 0.2) is 28.6 Å². The van der Waals surface area contributed by atoms with Crippen molar-refractivity contribution in [3.8, 4) is 22.3 Å². The molecule has 1 aliphatic heterocycles. The molecule has 148 valence electrons. The molecule has 2 atom stereocenters.